The van der Waals surface area contributed by atoms with Crippen molar-refractivity contribution in [2.45, 2.75) is 77.2 Å². The second-order valence-electron chi connectivity index (χ2n) is 30.3. The number of carbonyl (C=O) groups excluding carboxylic acids is 3. The summed E-state index contributed by atoms with van der Waals surface area (Å²) in [4.78, 5) is 106. The van der Waals surface area contributed by atoms with Crippen molar-refractivity contribution in [2.75, 3.05) is 139 Å². The van der Waals surface area contributed by atoms with E-state index in [9.17, 15) is 40.7 Å². The number of benzene rings is 6. The molecule has 14 rings (SSSR count). The van der Waals surface area contributed by atoms with Gasteiger partial charge in [-0.1, -0.05) is 63.2 Å². The third-order valence-electron chi connectivity index (χ3n) is 20.7. The molecule has 6 aliphatic heterocycles. The Morgan fingerprint density at radius 2 is 1.16 bits per heavy atom. The van der Waals surface area contributed by atoms with E-state index in [0.717, 1.165) is 68.3 Å². The van der Waals surface area contributed by atoms with Gasteiger partial charge in [-0.05, 0) is 134 Å². The number of rotatable bonds is 23. The zero-order chi connectivity index (χ0) is 83.3. The lowest BCUT2D eigenvalue weighted by Gasteiger charge is -2.36. The summed E-state index contributed by atoms with van der Waals surface area (Å²) in [7, 11) is 10.1. The van der Waals surface area contributed by atoms with Gasteiger partial charge in [-0.3, -0.25) is 14.4 Å². The lowest BCUT2D eigenvalue weighted by molar-refractivity contribution is -0.139. The maximum Gasteiger partial charge on any atom is 0.420 e. The number of alkyl halides is 6. The van der Waals surface area contributed by atoms with Crippen LogP contribution in [0.4, 0.5) is 66.5 Å². The standard InChI is InChI=1S/C83H89F6N23O6/c1-49-14-15-51(75(113)90-40-50-12-11-13-56(34-50)81(2,3)4)35-61(49)100-73-70-65(42-92-78(104-70)108(8)27-24-106(5)6)111(47-96-73)45-55-19-17-53(77(115)99-58-21-23-68(117-10)60(39-58)83(87,88)89)37-63(55)102-74-71-66(43-93-80(105-71)110-30-32-118-33-31-110)112(48-97-74)44-54-18-16-52(76(114)98-57-20-22-67(116-9)59(38-57)82(84,85)86)36-62(54)101-72-69-64(94-46-95-72)41-91-79(103-69)109-28-25-107(7)26-29-109/h11-23,34-39,41-43,46-48,65-66,100,102H,24-33,40,44-45H2,1-10H3,(H,90,113)(H,98,114)(H,99,115)(H,94,95,101). The van der Waals surface area contributed by atoms with E-state index in [1.807, 2.05) is 77.8 Å². The van der Waals surface area contributed by atoms with Crippen molar-refractivity contribution in [3.63, 3.8) is 0 Å². The molecule has 0 radical (unpaired) electrons. The number of nitrogens with one attached hydrogen (secondary N) is 6. The van der Waals surface area contributed by atoms with E-state index in [4.69, 9.17) is 49.1 Å². The molecule has 118 heavy (non-hydrogen) atoms. The molecule has 0 saturated carbocycles. The number of likely N-dealkylation sites (N-methyl/N-ethyl adjacent to an activating group) is 3. The minimum atomic E-state index is -4.83. The summed E-state index contributed by atoms with van der Waals surface area (Å²) in [5.74, 6) is -0.599. The number of hydrogen-bond donors (Lipinski definition) is 6. The number of carbonyl (C=O) groups is 3. The third kappa shape index (κ3) is 18.8. The number of aromatic nitrogens is 4. The predicted molar refractivity (Wildman–Crippen MR) is 443 cm³/mol. The van der Waals surface area contributed by atoms with Crippen LogP contribution in [0.25, 0.3) is 11.0 Å². The topological polar surface area (TPSA) is 299 Å². The largest absolute Gasteiger partial charge is 0.496 e. The van der Waals surface area contributed by atoms with E-state index in [-0.39, 0.29) is 58.6 Å². The van der Waals surface area contributed by atoms with Gasteiger partial charge in [-0.2, -0.15) is 26.3 Å². The molecule has 8 heterocycles. The second kappa shape index (κ2) is 34.5. The Balaban J connectivity index is 0.822. The molecule has 0 bridgehead atoms. The summed E-state index contributed by atoms with van der Waals surface area (Å²) in [6.45, 7) is 14.5. The normalized spacial score (nSPS) is 17.0. The summed E-state index contributed by atoms with van der Waals surface area (Å²) in [5, 5.41) is 18.9. The molecule has 2 saturated heterocycles. The number of halogens is 6. The molecular formula is C83H89F6N23O6. The fourth-order valence-electron chi connectivity index (χ4n) is 13.8. The number of hydrogen-bond acceptors (Lipinski definition) is 26. The Bertz CT molecular complexity index is 5430. The van der Waals surface area contributed by atoms with Crippen molar-refractivity contribution in [3.05, 3.63) is 206 Å². The quantitative estimate of drug-likeness (QED) is 0.0324. The second-order valence-corrected chi connectivity index (χ2v) is 30.3. The Morgan fingerprint density at radius 1 is 0.593 bits per heavy atom. The Hall–Kier alpha value is -12.9. The summed E-state index contributed by atoms with van der Waals surface area (Å²) in [6.07, 6.45) is 0.0491. The molecule has 6 aliphatic rings. The van der Waals surface area contributed by atoms with E-state index in [0.29, 0.717) is 139 Å². The van der Waals surface area contributed by atoms with Crippen LogP contribution in [0.1, 0.15) is 90.8 Å². The van der Waals surface area contributed by atoms with E-state index in [1.54, 1.807) is 73.8 Å². The molecular weight excluding hydrogens is 1530 g/mol. The molecule has 35 heteroatoms. The van der Waals surface area contributed by atoms with Gasteiger partial charge in [-0.25, -0.2) is 49.9 Å². The molecule has 6 aromatic carbocycles. The number of fused-ring (bicyclic) bond motifs is 3. The number of anilines is 7. The van der Waals surface area contributed by atoms with Crippen LogP contribution in [0.15, 0.2) is 181 Å². The molecule has 6 N–H and O–H groups in total. The average molecular weight is 1620 g/mol. The first kappa shape index (κ1) is 81.7. The van der Waals surface area contributed by atoms with Gasteiger partial charge in [0.15, 0.2) is 17.5 Å². The van der Waals surface area contributed by atoms with Crippen LogP contribution in [0.3, 0.4) is 0 Å². The van der Waals surface area contributed by atoms with Crippen molar-refractivity contribution in [1.82, 2.24) is 54.7 Å². The predicted octanol–water partition coefficient (Wildman–Crippen LogP) is 11.7. The molecule has 2 atom stereocenters. The van der Waals surface area contributed by atoms with Gasteiger partial charge in [0.1, 0.15) is 52.3 Å². The van der Waals surface area contributed by atoms with Gasteiger partial charge in [0.05, 0.1) is 57.4 Å². The monoisotopic (exact) mass is 1620 g/mol. The molecule has 8 aromatic rings. The molecule has 2 aromatic heterocycles. The number of piperazine rings is 1. The molecule has 0 aliphatic carbocycles. The van der Waals surface area contributed by atoms with E-state index >= 15 is 0 Å². The van der Waals surface area contributed by atoms with Gasteiger partial charge >= 0.3 is 12.4 Å². The van der Waals surface area contributed by atoms with Crippen LogP contribution in [-0.4, -0.2) is 224 Å². The van der Waals surface area contributed by atoms with Crippen LogP contribution < -0.4 is 46.3 Å². The number of aliphatic imine (C=N–C) groups is 6. The number of nitrogens with zero attached hydrogens (tertiary/aromatic N) is 17. The number of aryl methyl sites for hydroxylation is 1. The number of guanidine groups is 2. The van der Waals surface area contributed by atoms with E-state index in [1.165, 1.54) is 24.5 Å². The molecule has 29 nitrogen and oxygen atoms in total. The summed E-state index contributed by atoms with van der Waals surface area (Å²) >= 11 is 0. The number of morpholine rings is 1. The van der Waals surface area contributed by atoms with Crippen LogP contribution >= 0.6 is 0 Å². The minimum Gasteiger partial charge on any atom is -0.496 e. The van der Waals surface area contributed by atoms with Crippen molar-refractivity contribution >= 4 is 106 Å². The van der Waals surface area contributed by atoms with Crippen molar-refractivity contribution in [3.8, 4) is 11.5 Å². The number of amides is 3. The fourth-order valence-corrected chi connectivity index (χ4v) is 13.8. The molecule has 3 amide bonds. The van der Waals surface area contributed by atoms with Crippen LogP contribution in [0.5, 0.6) is 11.5 Å². The van der Waals surface area contributed by atoms with Gasteiger partial charge in [0.2, 0.25) is 17.9 Å². The Kier molecular flexibility index (Phi) is 23.9. The van der Waals surface area contributed by atoms with Crippen molar-refractivity contribution in [1.29, 1.82) is 0 Å². The Labute approximate surface area is 677 Å². The SMILES string of the molecule is COc1ccc(NC(=O)c2ccc(CN3C=NC(Nc4cc(C(=O)NCc5cccc(C(C)(C)C)c5)ccc4C)=C4N=C(N(C)CCN(C)C)N=CC43)c(NC3=C4N=C(N5CCOCC5)N=CC4N(Cc4ccc(C(=O)Nc5ccc(OC)c(C(F)(F)F)c5)cc4Nc4ncnc5cnc(N6CCN(C)CC6)nc45)C=N3)c2)cc1C(F)(F)F. The van der Waals surface area contributed by atoms with Gasteiger partial charge < -0.3 is 80.4 Å². The van der Waals surface area contributed by atoms with Crippen molar-refractivity contribution < 1.29 is 54.9 Å². The highest BCUT2D eigenvalue weighted by Crippen LogP contribution is 2.41. The number of methoxy groups -OCH3 is 2. The lowest BCUT2D eigenvalue weighted by atomic mass is 9.86. The zero-order valence-electron chi connectivity index (χ0n) is 66.6. The Morgan fingerprint density at radius 3 is 1.75 bits per heavy atom. The lowest BCUT2D eigenvalue weighted by Crippen LogP contribution is -2.45. The highest BCUT2D eigenvalue weighted by Gasteiger charge is 2.39. The van der Waals surface area contributed by atoms with E-state index < -0.39 is 58.9 Å². The first-order valence-electron chi connectivity index (χ1n) is 38.1. The first-order chi connectivity index (χ1) is 56.5. The van der Waals surface area contributed by atoms with Crippen LogP contribution in [0.2, 0.25) is 0 Å². The minimum absolute atomic E-state index is 0.0250. The maximum absolute atomic E-state index is 14.7. The fraction of sp³-hybridized carbons (Fsp3) is 0.337. The molecule has 614 valence electrons. The smallest absolute Gasteiger partial charge is 0.420 e. The van der Waals surface area contributed by atoms with Crippen molar-refractivity contribution in [2.24, 2.45) is 30.0 Å². The van der Waals surface area contributed by atoms with Gasteiger partial charge in [-0.15, -0.1) is 0 Å². The van der Waals surface area contributed by atoms with Crippen LogP contribution in [0, 0.1) is 6.92 Å². The summed E-state index contributed by atoms with van der Waals surface area (Å²) < 4.78 is 102. The third-order valence-corrected chi connectivity index (χ3v) is 20.7. The van der Waals surface area contributed by atoms with Gasteiger partial charge in [0, 0.05) is 137 Å². The highest BCUT2D eigenvalue weighted by molar-refractivity contribution is 6.07. The molecule has 0 spiro atoms. The van der Waals surface area contributed by atoms with E-state index in [2.05, 4.69) is 89.6 Å². The van der Waals surface area contributed by atoms with Gasteiger partial charge in [0.25, 0.3) is 17.7 Å². The highest BCUT2D eigenvalue weighted by atomic mass is 19.4. The molecule has 2 fully saturated rings. The number of ether oxygens (including phenoxy) is 3. The first-order valence-corrected chi connectivity index (χ1v) is 38.1. The average Bonchev–Trinajstić information content (AvgIpc) is 0.773. The zero-order valence-corrected chi connectivity index (χ0v) is 66.6. The summed E-state index contributed by atoms with van der Waals surface area (Å²) in [6, 6.07) is 28.1. The van der Waals surface area contributed by atoms with Crippen LogP contribution in [-0.2, 0) is 42.1 Å². The maximum atomic E-state index is 14.7. The molecule has 2 unspecified atom stereocenters. The summed E-state index contributed by atoms with van der Waals surface area (Å²) in [5.41, 5.74) is 4.81.